The van der Waals surface area contributed by atoms with Crippen molar-refractivity contribution in [2.75, 3.05) is 19.6 Å². The summed E-state index contributed by atoms with van der Waals surface area (Å²) in [6, 6.07) is 21.3. The van der Waals surface area contributed by atoms with Crippen molar-refractivity contribution >= 4 is 18.4 Å². The van der Waals surface area contributed by atoms with Gasteiger partial charge in [0, 0.05) is 25.6 Å². The van der Waals surface area contributed by atoms with E-state index < -0.39 is 0 Å². The Morgan fingerprint density at radius 1 is 0.913 bits per heavy atom. The number of nitrogens with zero attached hydrogens (tertiary/aromatic N) is 1. The van der Waals surface area contributed by atoms with Crippen molar-refractivity contribution in [2.24, 2.45) is 4.99 Å². The normalized spacial score (nSPS) is 14.2. The molecule has 0 bridgehead atoms. The second-order valence-electron chi connectivity index (χ2n) is 5.62. The lowest BCUT2D eigenvalue weighted by molar-refractivity contribution is 0.721. The van der Waals surface area contributed by atoms with Crippen molar-refractivity contribution in [1.82, 2.24) is 10.6 Å². The summed E-state index contributed by atoms with van der Waals surface area (Å²) in [6.45, 7) is 2.77. The van der Waals surface area contributed by atoms with Crippen LogP contribution in [0.1, 0.15) is 29.9 Å². The predicted molar refractivity (Wildman–Crippen MR) is 99.5 cm³/mol. The van der Waals surface area contributed by atoms with E-state index >= 15 is 0 Å². The first-order valence-corrected chi connectivity index (χ1v) is 8.05. The number of nitrogens with one attached hydrogen (secondary N) is 2. The van der Waals surface area contributed by atoms with E-state index in [4.69, 9.17) is 0 Å². The summed E-state index contributed by atoms with van der Waals surface area (Å²) in [5.41, 5.74) is 2.66. The van der Waals surface area contributed by atoms with Crippen LogP contribution in [0.4, 0.5) is 0 Å². The maximum atomic E-state index is 4.58. The average molecular weight is 330 g/mol. The van der Waals surface area contributed by atoms with Crippen LogP contribution in [-0.2, 0) is 0 Å². The number of hydrogen-bond acceptors (Lipinski definition) is 3. The Labute approximate surface area is 144 Å². The van der Waals surface area contributed by atoms with Gasteiger partial charge in [0.15, 0.2) is 5.96 Å². The summed E-state index contributed by atoms with van der Waals surface area (Å²) in [4.78, 5) is 4.58. The van der Waals surface area contributed by atoms with E-state index in [2.05, 4.69) is 76.3 Å². The highest BCUT2D eigenvalue weighted by molar-refractivity contribution is 5.85. The molecule has 1 heterocycles. The van der Waals surface area contributed by atoms with E-state index in [0.29, 0.717) is 5.92 Å². The SMILES string of the molecule is Cl.c1ccc(C(CNC2=NCCCCN2)c2ccccc2)cc1. The van der Waals surface area contributed by atoms with Crippen molar-refractivity contribution in [3.8, 4) is 0 Å². The lowest BCUT2D eigenvalue weighted by Crippen LogP contribution is -2.39. The van der Waals surface area contributed by atoms with E-state index in [-0.39, 0.29) is 12.4 Å². The third-order valence-corrected chi connectivity index (χ3v) is 4.02. The van der Waals surface area contributed by atoms with E-state index in [0.717, 1.165) is 25.6 Å². The molecule has 1 aliphatic rings. The van der Waals surface area contributed by atoms with Gasteiger partial charge in [-0.15, -0.1) is 12.4 Å². The standard InChI is InChI=1S/C19H23N3.ClH/c1-3-9-16(10-4-1)18(17-11-5-2-6-12-17)15-22-19-20-13-7-8-14-21-19;/h1-6,9-12,18H,7-8,13-15H2,(H2,20,21,22);1H. The first-order chi connectivity index (χ1) is 10.9. The Hall–Kier alpha value is -2.00. The first-order valence-electron chi connectivity index (χ1n) is 8.05. The molecule has 2 N–H and O–H groups in total. The Morgan fingerprint density at radius 3 is 2.13 bits per heavy atom. The van der Waals surface area contributed by atoms with Crippen molar-refractivity contribution in [3.05, 3.63) is 71.8 Å². The van der Waals surface area contributed by atoms with E-state index in [1.165, 1.54) is 24.0 Å². The monoisotopic (exact) mass is 329 g/mol. The summed E-state index contributed by atoms with van der Waals surface area (Å²) in [5.74, 6) is 1.27. The van der Waals surface area contributed by atoms with Gasteiger partial charge in [-0.3, -0.25) is 4.99 Å². The smallest absolute Gasteiger partial charge is 0.191 e. The zero-order chi connectivity index (χ0) is 15.0. The van der Waals surface area contributed by atoms with Crippen LogP contribution in [0.15, 0.2) is 65.7 Å². The molecule has 2 aromatic rings. The highest BCUT2D eigenvalue weighted by atomic mass is 35.5. The van der Waals surface area contributed by atoms with Crippen molar-refractivity contribution in [1.29, 1.82) is 0 Å². The average Bonchev–Trinajstić information content (AvgIpc) is 2.86. The minimum absolute atomic E-state index is 0. The summed E-state index contributed by atoms with van der Waals surface area (Å²) in [5, 5.41) is 6.88. The molecule has 0 fully saturated rings. The minimum atomic E-state index is 0. The van der Waals surface area contributed by atoms with Gasteiger partial charge < -0.3 is 10.6 Å². The molecule has 1 aliphatic heterocycles. The quantitative estimate of drug-likeness (QED) is 0.899. The molecular weight excluding hydrogens is 306 g/mol. The third-order valence-electron chi connectivity index (χ3n) is 4.02. The summed E-state index contributed by atoms with van der Waals surface area (Å²) < 4.78 is 0. The molecule has 2 aromatic carbocycles. The Morgan fingerprint density at radius 2 is 1.52 bits per heavy atom. The number of halogens is 1. The zero-order valence-electron chi connectivity index (χ0n) is 13.2. The fourth-order valence-electron chi connectivity index (χ4n) is 2.81. The van der Waals surface area contributed by atoms with Gasteiger partial charge in [0.05, 0.1) is 0 Å². The van der Waals surface area contributed by atoms with E-state index in [1.807, 2.05) is 0 Å². The van der Waals surface area contributed by atoms with Crippen LogP contribution in [0.5, 0.6) is 0 Å². The fraction of sp³-hybridized carbons (Fsp3) is 0.316. The topological polar surface area (TPSA) is 36.4 Å². The summed E-state index contributed by atoms with van der Waals surface area (Å²) in [7, 11) is 0. The Kier molecular flexibility index (Phi) is 6.95. The fourth-order valence-corrected chi connectivity index (χ4v) is 2.81. The highest BCUT2D eigenvalue weighted by Gasteiger charge is 2.14. The van der Waals surface area contributed by atoms with E-state index in [9.17, 15) is 0 Å². The highest BCUT2D eigenvalue weighted by Crippen LogP contribution is 2.23. The number of benzene rings is 2. The number of aliphatic imine (C=N–C) groups is 1. The van der Waals surface area contributed by atoms with E-state index in [1.54, 1.807) is 0 Å². The molecule has 0 spiro atoms. The van der Waals surface area contributed by atoms with Gasteiger partial charge in [-0.2, -0.15) is 0 Å². The molecule has 4 heteroatoms. The molecule has 0 saturated heterocycles. The molecule has 3 rings (SSSR count). The molecular formula is C19H24ClN3. The number of rotatable bonds is 4. The van der Waals surface area contributed by atoms with Crippen LogP contribution in [0.3, 0.4) is 0 Å². The molecule has 0 aliphatic carbocycles. The number of guanidine groups is 1. The van der Waals surface area contributed by atoms with Gasteiger partial charge in [0.1, 0.15) is 0 Å². The second-order valence-corrected chi connectivity index (χ2v) is 5.62. The van der Waals surface area contributed by atoms with Gasteiger partial charge in [-0.05, 0) is 24.0 Å². The maximum Gasteiger partial charge on any atom is 0.191 e. The van der Waals surface area contributed by atoms with Gasteiger partial charge in [0.25, 0.3) is 0 Å². The van der Waals surface area contributed by atoms with Gasteiger partial charge in [-0.1, -0.05) is 60.7 Å². The Bertz CT molecular complexity index is 559. The minimum Gasteiger partial charge on any atom is -0.356 e. The van der Waals surface area contributed by atoms with Crippen LogP contribution in [0, 0.1) is 0 Å². The van der Waals surface area contributed by atoms with Crippen LogP contribution < -0.4 is 10.6 Å². The first kappa shape index (κ1) is 17.4. The van der Waals surface area contributed by atoms with Crippen molar-refractivity contribution in [3.63, 3.8) is 0 Å². The Balaban J connectivity index is 0.00000192. The molecule has 3 nitrogen and oxygen atoms in total. The van der Waals surface area contributed by atoms with Crippen LogP contribution in [0.2, 0.25) is 0 Å². The largest absolute Gasteiger partial charge is 0.356 e. The summed E-state index contributed by atoms with van der Waals surface area (Å²) >= 11 is 0. The lowest BCUT2D eigenvalue weighted by Gasteiger charge is -2.20. The molecule has 0 unspecified atom stereocenters. The maximum absolute atomic E-state index is 4.58. The van der Waals surface area contributed by atoms with Crippen LogP contribution in [-0.4, -0.2) is 25.6 Å². The molecule has 23 heavy (non-hydrogen) atoms. The molecule has 0 atom stereocenters. The lowest BCUT2D eigenvalue weighted by atomic mass is 9.91. The molecule has 0 amide bonds. The van der Waals surface area contributed by atoms with Gasteiger partial charge in [-0.25, -0.2) is 0 Å². The second kappa shape index (κ2) is 9.21. The molecule has 122 valence electrons. The van der Waals surface area contributed by atoms with Gasteiger partial charge in [0.2, 0.25) is 0 Å². The van der Waals surface area contributed by atoms with Crippen molar-refractivity contribution in [2.45, 2.75) is 18.8 Å². The molecule has 0 radical (unpaired) electrons. The predicted octanol–water partition coefficient (Wildman–Crippen LogP) is 3.57. The zero-order valence-corrected chi connectivity index (χ0v) is 14.1. The van der Waals surface area contributed by atoms with Crippen molar-refractivity contribution < 1.29 is 0 Å². The van der Waals surface area contributed by atoms with Crippen LogP contribution in [0.25, 0.3) is 0 Å². The molecule has 0 aromatic heterocycles. The van der Waals surface area contributed by atoms with Crippen LogP contribution >= 0.6 is 12.4 Å². The third kappa shape index (κ3) is 5.00. The summed E-state index contributed by atoms with van der Waals surface area (Å²) in [6.07, 6.45) is 2.36. The number of hydrogen-bond donors (Lipinski definition) is 2. The molecule has 0 saturated carbocycles. The van der Waals surface area contributed by atoms with Gasteiger partial charge >= 0.3 is 0 Å².